The lowest BCUT2D eigenvalue weighted by Crippen LogP contribution is -2.21. The van der Waals surface area contributed by atoms with Gasteiger partial charge in [0.15, 0.2) is 0 Å². The predicted octanol–water partition coefficient (Wildman–Crippen LogP) is 5.47. The van der Waals surface area contributed by atoms with Crippen molar-refractivity contribution in [2.24, 2.45) is 11.3 Å². The van der Waals surface area contributed by atoms with Crippen LogP contribution in [-0.2, 0) is 0 Å². The van der Waals surface area contributed by atoms with E-state index in [2.05, 4.69) is 69.3 Å². The minimum Gasteiger partial charge on any atom is -0.0810 e. The van der Waals surface area contributed by atoms with Crippen LogP contribution in [0.4, 0.5) is 0 Å². The van der Waals surface area contributed by atoms with E-state index in [1.807, 2.05) is 0 Å². The van der Waals surface area contributed by atoms with Gasteiger partial charge in [-0.2, -0.15) is 0 Å². The summed E-state index contributed by atoms with van der Waals surface area (Å²) in [6.45, 7) is 7.07. The van der Waals surface area contributed by atoms with Crippen molar-refractivity contribution in [2.75, 3.05) is 0 Å². The molecule has 1 aromatic carbocycles. The van der Waals surface area contributed by atoms with Crippen LogP contribution in [0.25, 0.3) is 6.08 Å². The zero-order valence-corrected chi connectivity index (χ0v) is 11.8. The Labute approximate surface area is 111 Å². The summed E-state index contributed by atoms with van der Waals surface area (Å²) in [5.74, 6) is 0.839. The van der Waals surface area contributed by atoms with Crippen LogP contribution in [0.3, 0.4) is 0 Å². The van der Waals surface area contributed by atoms with Crippen LogP contribution in [0.1, 0.15) is 45.6 Å². The third kappa shape index (κ3) is 3.60. The van der Waals surface area contributed by atoms with E-state index in [1.165, 1.54) is 30.4 Å². The molecule has 0 heterocycles. The maximum Gasteiger partial charge on any atom is -0.0257 e. The Bertz CT molecular complexity index is 429. The van der Waals surface area contributed by atoms with Crippen molar-refractivity contribution < 1.29 is 0 Å². The molecule has 0 bridgehead atoms. The first-order valence-electron chi connectivity index (χ1n) is 6.98. The minimum absolute atomic E-state index is 0.450. The summed E-state index contributed by atoms with van der Waals surface area (Å²) < 4.78 is 0. The fourth-order valence-corrected chi connectivity index (χ4v) is 2.56. The van der Waals surface area contributed by atoms with Gasteiger partial charge in [0, 0.05) is 0 Å². The van der Waals surface area contributed by atoms with Crippen LogP contribution in [0.2, 0.25) is 0 Å². The summed E-state index contributed by atoms with van der Waals surface area (Å²) in [6.07, 6.45) is 10.7. The van der Waals surface area contributed by atoms with E-state index < -0.39 is 0 Å². The highest BCUT2D eigenvalue weighted by molar-refractivity contribution is 5.52. The van der Waals surface area contributed by atoms with Crippen LogP contribution < -0.4 is 0 Å². The van der Waals surface area contributed by atoms with Gasteiger partial charge in [0.25, 0.3) is 0 Å². The smallest absolute Gasteiger partial charge is 0.0257 e. The Hall–Kier alpha value is -1.30. The van der Waals surface area contributed by atoms with Crippen molar-refractivity contribution in [1.82, 2.24) is 0 Å². The summed E-state index contributed by atoms with van der Waals surface area (Å²) in [5.41, 5.74) is 3.24. The lowest BCUT2D eigenvalue weighted by Gasteiger charge is -2.32. The lowest BCUT2D eigenvalue weighted by molar-refractivity contribution is 0.221. The molecule has 0 nitrogen and oxygen atoms in total. The van der Waals surface area contributed by atoms with Gasteiger partial charge in [0.05, 0.1) is 0 Å². The molecule has 0 aromatic heterocycles. The molecule has 0 spiro atoms. The second-order valence-corrected chi connectivity index (χ2v) is 6.36. The molecule has 0 aliphatic heterocycles. The van der Waals surface area contributed by atoms with Gasteiger partial charge in [0.1, 0.15) is 0 Å². The van der Waals surface area contributed by atoms with Crippen LogP contribution in [-0.4, -0.2) is 0 Å². The third-order valence-corrected chi connectivity index (χ3v) is 3.96. The maximum atomic E-state index is 2.43. The zero-order valence-electron chi connectivity index (χ0n) is 11.8. The summed E-state index contributed by atoms with van der Waals surface area (Å²) in [5, 5.41) is 0. The summed E-state index contributed by atoms with van der Waals surface area (Å²) >= 11 is 0. The molecule has 0 saturated carbocycles. The number of allylic oxidation sites excluding steroid dienone is 3. The Kier molecular flexibility index (Phi) is 4.06. The van der Waals surface area contributed by atoms with Crippen molar-refractivity contribution in [1.29, 1.82) is 0 Å². The molecule has 0 heteroatoms. The highest BCUT2D eigenvalue weighted by Crippen LogP contribution is 2.37. The molecule has 96 valence electrons. The quantitative estimate of drug-likeness (QED) is 0.642. The highest BCUT2D eigenvalue weighted by Gasteiger charge is 2.25. The number of rotatable bonds is 2. The highest BCUT2D eigenvalue weighted by atomic mass is 14.3. The Morgan fingerprint density at radius 2 is 1.78 bits per heavy atom. The SMILES string of the molecule is CC(C)(C)C1CC=C(/C=C/c2ccccc2)CC1. The van der Waals surface area contributed by atoms with E-state index in [-0.39, 0.29) is 0 Å². The van der Waals surface area contributed by atoms with Crippen molar-refractivity contribution in [3.8, 4) is 0 Å². The van der Waals surface area contributed by atoms with Crippen LogP contribution in [0.15, 0.2) is 48.1 Å². The van der Waals surface area contributed by atoms with Crippen LogP contribution in [0, 0.1) is 11.3 Å². The molecule has 1 unspecified atom stereocenters. The number of hydrogen-bond acceptors (Lipinski definition) is 0. The van der Waals surface area contributed by atoms with Crippen LogP contribution >= 0.6 is 0 Å². The maximum absolute atomic E-state index is 2.43. The largest absolute Gasteiger partial charge is 0.0810 e. The fourth-order valence-electron chi connectivity index (χ4n) is 2.56. The molecule has 1 aliphatic rings. The van der Waals surface area contributed by atoms with Gasteiger partial charge in [-0.15, -0.1) is 0 Å². The standard InChI is InChI=1S/C18H24/c1-18(2,3)17-13-11-16(12-14-17)10-9-15-7-5-4-6-8-15/h4-11,17H,12-14H2,1-3H3/b10-9+. The van der Waals surface area contributed by atoms with Crippen LogP contribution in [0.5, 0.6) is 0 Å². The molecular weight excluding hydrogens is 216 g/mol. The van der Waals surface area contributed by atoms with Crippen molar-refractivity contribution in [3.63, 3.8) is 0 Å². The monoisotopic (exact) mass is 240 g/mol. The van der Waals surface area contributed by atoms with E-state index in [9.17, 15) is 0 Å². The molecule has 0 radical (unpaired) electrons. The Morgan fingerprint density at radius 1 is 1.06 bits per heavy atom. The van der Waals surface area contributed by atoms with E-state index in [1.54, 1.807) is 0 Å². The third-order valence-electron chi connectivity index (χ3n) is 3.96. The number of benzene rings is 1. The molecule has 0 fully saturated rings. The topological polar surface area (TPSA) is 0 Å². The van der Waals surface area contributed by atoms with Crippen molar-refractivity contribution >= 4 is 6.08 Å². The molecule has 0 amide bonds. The fraction of sp³-hybridized carbons (Fsp3) is 0.444. The Balaban J connectivity index is 1.97. The number of hydrogen-bond donors (Lipinski definition) is 0. The average molecular weight is 240 g/mol. The van der Waals surface area contributed by atoms with Gasteiger partial charge in [-0.25, -0.2) is 0 Å². The molecule has 1 aromatic rings. The van der Waals surface area contributed by atoms with Gasteiger partial charge in [0.2, 0.25) is 0 Å². The molecule has 0 N–H and O–H groups in total. The Morgan fingerprint density at radius 3 is 2.33 bits per heavy atom. The molecule has 0 saturated heterocycles. The predicted molar refractivity (Wildman–Crippen MR) is 80.4 cm³/mol. The van der Waals surface area contributed by atoms with Gasteiger partial charge < -0.3 is 0 Å². The molecule has 2 rings (SSSR count). The average Bonchev–Trinajstić information content (AvgIpc) is 2.37. The van der Waals surface area contributed by atoms with Crippen molar-refractivity contribution in [2.45, 2.75) is 40.0 Å². The second-order valence-electron chi connectivity index (χ2n) is 6.36. The second kappa shape index (κ2) is 5.56. The molecule has 18 heavy (non-hydrogen) atoms. The first-order chi connectivity index (χ1) is 8.55. The van der Waals surface area contributed by atoms with E-state index in [4.69, 9.17) is 0 Å². The van der Waals surface area contributed by atoms with Gasteiger partial charge in [-0.1, -0.05) is 74.9 Å². The first-order valence-corrected chi connectivity index (χ1v) is 6.98. The van der Waals surface area contributed by atoms with E-state index in [0.29, 0.717) is 5.41 Å². The summed E-state index contributed by atoms with van der Waals surface area (Å²) in [4.78, 5) is 0. The first kappa shape index (κ1) is 13.1. The zero-order chi connectivity index (χ0) is 13.0. The lowest BCUT2D eigenvalue weighted by atomic mass is 9.73. The molecule has 1 atom stereocenters. The van der Waals surface area contributed by atoms with Gasteiger partial charge >= 0.3 is 0 Å². The van der Waals surface area contributed by atoms with E-state index >= 15 is 0 Å². The van der Waals surface area contributed by atoms with Gasteiger partial charge in [-0.05, 0) is 36.2 Å². The summed E-state index contributed by atoms with van der Waals surface area (Å²) in [6, 6.07) is 10.5. The van der Waals surface area contributed by atoms with Gasteiger partial charge in [-0.3, -0.25) is 0 Å². The normalized spacial score (nSPS) is 21.1. The summed E-state index contributed by atoms with van der Waals surface area (Å²) in [7, 11) is 0. The van der Waals surface area contributed by atoms with E-state index in [0.717, 1.165) is 5.92 Å². The minimum atomic E-state index is 0.450. The molecular formula is C18H24. The van der Waals surface area contributed by atoms with Crippen molar-refractivity contribution in [3.05, 3.63) is 53.6 Å². The molecule has 1 aliphatic carbocycles.